The number of anilines is 1. The summed E-state index contributed by atoms with van der Waals surface area (Å²) >= 11 is 1.53. The molecule has 0 saturated heterocycles. The Bertz CT molecular complexity index is 742. The zero-order valence-corrected chi connectivity index (χ0v) is 11.2. The molecule has 5 heteroatoms. The maximum Gasteiger partial charge on any atom is 0.192 e. The van der Waals surface area contributed by atoms with Gasteiger partial charge in [-0.05, 0) is 49.0 Å². The molecule has 2 aromatic heterocycles. The molecular weight excluding hydrogens is 256 g/mol. The predicted octanol–water partition coefficient (Wildman–Crippen LogP) is 3.07. The van der Waals surface area contributed by atoms with Gasteiger partial charge >= 0.3 is 0 Å². The van der Waals surface area contributed by atoms with Crippen LogP contribution >= 0.6 is 11.8 Å². The number of aromatic nitrogens is 3. The number of nitrogens with zero attached hydrogens (tertiary/aromatic N) is 3. The zero-order valence-electron chi connectivity index (χ0n) is 10.4. The number of hydrogen-bond acceptors (Lipinski definition) is 5. The first-order valence-corrected chi connectivity index (χ1v) is 6.66. The van der Waals surface area contributed by atoms with Crippen molar-refractivity contribution in [3.05, 3.63) is 48.4 Å². The Morgan fingerprint density at radius 2 is 1.89 bits per heavy atom. The van der Waals surface area contributed by atoms with Crippen molar-refractivity contribution in [2.75, 3.05) is 5.73 Å². The van der Waals surface area contributed by atoms with Gasteiger partial charge < -0.3 is 5.73 Å². The number of hydrogen-bond donors (Lipinski definition) is 1. The van der Waals surface area contributed by atoms with Crippen LogP contribution in [0.15, 0.2) is 52.8 Å². The average molecular weight is 268 g/mol. The van der Waals surface area contributed by atoms with Gasteiger partial charge in [-0.15, -0.1) is 0 Å². The van der Waals surface area contributed by atoms with Gasteiger partial charge in [0.1, 0.15) is 0 Å². The molecule has 19 heavy (non-hydrogen) atoms. The fourth-order valence-corrected chi connectivity index (χ4v) is 2.71. The zero-order chi connectivity index (χ0) is 13.2. The van der Waals surface area contributed by atoms with Crippen LogP contribution in [0.3, 0.4) is 0 Å². The molecule has 0 radical (unpaired) electrons. The van der Waals surface area contributed by atoms with Crippen molar-refractivity contribution < 1.29 is 0 Å². The SMILES string of the molecule is Cc1ccnc(Sc2ccnc3cc(N)ccc23)n1. The number of nitrogen functional groups attached to an aromatic ring is 1. The lowest BCUT2D eigenvalue weighted by molar-refractivity contribution is 0.932. The highest BCUT2D eigenvalue weighted by molar-refractivity contribution is 7.99. The monoisotopic (exact) mass is 268 g/mol. The Morgan fingerprint density at radius 1 is 1.05 bits per heavy atom. The summed E-state index contributed by atoms with van der Waals surface area (Å²) in [5, 5.41) is 1.80. The minimum Gasteiger partial charge on any atom is -0.399 e. The van der Waals surface area contributed by atoms with Gasteiger partial charge in [0.15, 0.2) is 5.16 Å². The summed E-state index contributed by atoms with van der Waals surface area (Å²) in [4.78, 5) is 14.1. The standard InChI is InChI=1S/C14H12N4S/c1-9-4-6-17-14(18-9)19-13-5-7-16-12-8-10(15)2-3-11(12)13/h2-8H,15H2,1H3. The van der Waals surface area contributed by atoms with E-state index in [4.69, 9.17) is 5.73 Å². The van der Waals surface area contributed by atoms with E-state index in [1.807, 2.05) is 37.3 Å². The van der Waals surface area contributed by atoms with Gasteiger partial charge in [-0.3, -0.25) is 4.98 Å². The predicted molar refractivity (Wildman–Crippen MR) is 77.0 cm³/mol. The molecule has 4 nitrogen and oxygen atoms in total. The molecule has 94 valence electrons. The van der Waals surface area contributed by atoms with Crippen molar-refractivity contribution in [3.63, 3.8) is 0 Å². The van der Waals surface area contributed by atoms with E-state index >= 15 is 0 Å². The van der Waals surface area contributed by atoms with Gasteiger partial charge in [0.05, 0.1) is 5.52 Å². The Labute approximate surface area is 115 Å². The highest BCUT2D eigenvalue weighted by Gasteiger charge is 2.06. The highest BCUT2D eigenvalue weighted by atomic mass is 32.2. The van der Waals surface area contributed by atoms with E-state index in [2.05, 4.69) is 15.0 Å². The van der Waals surface area contributed by atoms with Crippen molar-refractivity contribution in [3.8, 4) is 0 Å². The molecular formula is C14H12N4S. The first-order valence-electron chi connectivity index (χ1n) is 5.84. The van der Waals surface area contributed by atoms with Crippen LogP contribution in [0.25, 0.3) is 10.9 Å². The Morgan fingerprint density at radius 3 is 2.74 bits per heavy atom. The minimum atomic E-state index is 0.717. The molecule has 2 heterocycles. The molecule has 3 rings (SSSR count). The van der Waals surface area contributed by atoms with E-state index in [0.717, 1.165) is 26.6 Å². The largest absolute Gasteiger partial charge is 0.399 e. The normalized spacial score (nSPS) is 10.8. The van der Waals surface area contributed by atoms with Crippen molar-refractivity contribution in [2.24, 2.45) is 0 Å². The molecule has 0 aliphatic heterocycles. The van der Waals surface area contributed by atoms with Gasteiger partial charge in [0.2, 0.25) is 0 Å². The van der Waals surface area contributed by atoms with E-state index in [1.165, 1.54) is 11.8 Å². The fraction of sp³-hybridized carbons (Fsp3) is 0.0714. The fourth-order valence-electron chi connectivity index (χ4n) is 1.80. The molecule has 0 unspecified atom stereocenters. The van der Waals surface area contributed by atoms with Gasteiger partial charge in [-0.25, -0.2) is 9.97 Å². The van der Waals surface area contributed by atoms with Crippen LogP contribution in [0.2, 0.25) is 0 Å². The summed E-state index contributed by atoms with van der Waals surface area (Å²) in [5.41, 5.74) is 8.34. The van der Waals surface area contributed by atoms with Crippen LogP contribution in [0.4, 0.5) is 5.69 Å². The Balaban J connectivity index is 2.06. The van der Waals surface area contributed by atoms with Gasteiger partial charge in [-0.2, -0.15) is 0 Å². The molecule has 0 saturated carbocycles. The van der Waals surface area contributed by atoms with Crippen molar-refractivity contribution in [2.45, 2.75) is 17.0 Å². The van der Waals surface area contributed by atoms with Gasteiger partial charge in [-0.1, -0.05) is 0 Å². The van der Waals surface area contributed by atoms with Crippen LogP contribution < -0.4 is 5.73 Å². The van der Waals surface area contributed by atoms with Gasteiger partial charge in [0, 0.05) is 34.1 Å². The van der Waals surface area contributed by atoms with Crippen LogP contribution in [0.5, 0.6) is 0 Å². The van der Waals surface area contributed by atoms with Crippen LogP contribution in [-0.2, 0) is 0 Å². The first kappa shape index (κ1) is 11.9. The highest BCUT2D eigenvalue weighted by Crippen LogP contribution is 2.31. The number of nitrogens with two attached hydrogens (primary N) is 1. The van der Waals surface area contributed by atoms with Crippen molar-refractivity contribution in [1.29, 1.82) is 0 Å². The quantitative estimate of drug-likeness (QED) is 0.571. The molecule has 0 fully saturated rings. The molecule has 0 amide bonds. The molecule has 1 aromatic carbocycles. The van der Waals surface area contributed by atoms with Crippen LogP contribution in [0, 0.1) is 6.92 Å². The lowest BCUT2D eigenvalue weighted by Gasteiger charge is -2.05. The van der Waals surface area contributed by atoms with Gasteiger partial charge in [0.25, 0.3) is 0 Å². The topological polar surface area (TPSA) is 64.7 Å². The third-order valence-corrected chi connectivity index (χ3v) is 3.66. The number of fused-ring (bicyclic) bond motifs is 1. The Kier molecular flexibility index (Phi) is 3.05. The van der Waals surface area contributed by atoms with E-state index in [9.17, 15) is 0 Å². The molecule has 2 N–H and O–H groups in total. The van der Waals surface area contributed by atoms with E-state index < -0.39 is 0 Å². The third-order valence-electron chi connectivity index (χ3n) is 2.70. The third kappa shape index (κ3) is 2.51. The molecule has 0 aliphatic carbocycles. The molecule has 0 bridgehead atoms. The number of pyridine rings is 1. The van der Waals surface area contributed by atoms with Crippen LogP contribution in [0.1, 0.15) is 5.69 Å². The second-order valence-corrected chi connectivity index (χ2v) is 5.18. The smallest absolute Gasteiger partial charge is 0.192 e. The summed E-state index contributed by atoms with van der Waals surface area (Å²) in [6.45, 7) is 1.96. The second kappa shape index (κ2) is 4.85. The molecule has 0 spiro atoms. The summed E-state index contributed by atoms with van der Waals surface area (Å²) in [7, 11) is 0. The number of benzene rings is 1. The lowest BCUT2D eigenvalue weighted by atomic mass is 10.2. The lowest BCUT2D eigenvalue weighted by Crippen LogP contribution is -1.90. The summed E-state index contributed by atoms with van der Waals surface area (Å²) in [6.07, 6.45) is 3.55. The summed E-state index contributed by atoms with van der Waals surface area (Å²) in [6, 6.07) is 9.59. The Hall–Kier alpha value is -2.14. The first-order chi connectivity index (χ1) is 9.22. The van der Waals surface area contributed by atoms with E-state index in [1.54, 1.807) is 12.4 Å². The molecule has 0 atom stereocenters. The minimum absolute atomic E-state index is 0.717. The van der Waals surface area contributed by atoms with Crippen LogP contribution in [-0.4, -0.2) is 15.0 Å². The summed E-state index contributed by atoms with van der Waals surface area (Å²) in [5.74, 6) is 0. The molecule has 3 aromatic rings. The van der Waals surface area contributed by atoms with E-state index in [0.29, 0.717) is 5.69 Å². The maximum atomic E-state index is 5.77. The molecule has 0 aliphatic rings. The number of rotatable bonds is 2. The maximum absolute atomic E-state index is 5.77. The van der Waals surface area contributed by atoms with Crippen molar-refractivity contribution >= 4 is 28.4 Å². The van der Waals surface area contributed by atoms with Crippen molar-refractivity contribution in [1.82, 2.24) is 15.0 Å². The summed E-state index contributed by atoms with van der Waals surface area (Å²) < 4.78 is 0. The van der Waals surface area contributed by atoms with E-state index in [-0.39, 0.29) is 0 Å². The second-order valence-electron chi connectivity index (χ2n) is 4.17. The number of aryl methyl sites for hydroxylation is 1. The average Bonchev–Trinajstić information content (AvgIpc) is 2.38.